The van der Waals surface area contributed by atoms with Crippen molar-refractivity contribution >= 4 is 23.3 Å². The van der Waals surface area contributed by atoms with Crippen molar-refractivity contribution in [3.8, 4) is 0 Å². The van der Waals surface area contributed by atoms with Gasteiger partial charge in [-0.2, -0.15) is 0 Å². The van der Waals surface area contributed by atoms with Gasteiger partial charge in [0, 0.05) is 37.3 Å². The fourth-order valence-electron chi connectivity index (χ4n) is 2.75. The van der Waals surface area contributed by atoms with Crippen LogP contribution in [0.5, 0.6) is 0 Å². The van der Waals surface area contributed by atoms with Gasteiger partial charge in [-0.3, -0.25) is 9.88 Å². The summed E-state index contributed by atoms with van der Waals surface area (Å²) in [6.45, 7) is 3.32. The third-order valence-electron chi connectivity index (χ3n) is 3.79. The number of nitrogens with one attached hydrogen (secondary N) is 1. The van der Waals surface area contributed by atoms with Crippen molar-refractivity contribution in [3.63, 3.8) is 0 Å². The van der Waals surface area contributed by atoms with Crippen LogP contribution in [0.2, 0.25) is 0 Å². The second-order valence-corrected chi connectivity index (χ2v) is 5.00. The maximum absolute atomic E-state index is 4.52. The summed E-state index contributed by atoms with van der Waals surface area (Å²) >= 11 is 0. The van der Waals surface area contributed by atoms with Crippen LogP contribution in [0.3, 0.4) is 0 Å². The van der Waals surface area contributed by atoms with E-state index in [-0.39, 0.29) is 12.4 Å². The van der Waals surface area contributed by atoms with E-state index < -0.39 is 0 Å². The molecule has 3 rings (SSSR count). The molecule has 1 fully saturated rings. The first kappa shape index (κ1) is 14.3. The van der Waals surface area contributed by atoms with Gasteiger partial charge in [-0.05, 0) is 25.1 Å². The lowest BCUT2D eigenvalue weighted by Gasteiger charge is -2.16. The fraction of sp³-hybridized carbons (Fsp3) is 0.400. The molecule has 1 saturated heterocycles. The van der Waals surface area contributed by atoms with Crippen LogP contribution in [0.15, 0.2) is 36.5 Å². The molecule has 0 bridgehead atoms. The van der Waals surface area contributed by atoms with Crippen molar-refractivity contribution < 1.29 is 0 Å². The number of hydrogen-bond acceptors (Lipinski definition) is 3. The molecule has 1 aromatic carbocycles. The highest BCUT2D eigenvalue weighted by Crippen LogP contribution is 2.19. The smallest absolute Gasteiger partial charge is 0.0746 e. The van der Waals surface area contributed by atoms with Gasteiger partial charge in [0.05, 0.1) is 5.52 Å². The monoisotopic (exact) mass is 277 g/mol. The molecule has 4 heteroatoms. The highest BCUT2D eigenvalue weighted by Gasteiger charge is 2.21. The first-order chi connectivity index (χ1) is 8.86. The summed E-state index contributed by atoms with van der Waals surface area (Å²) in [5.41, 5.74) is 2.48. The predicted octanol–water partition coefficient (Wildman–Crippen LogP) is 2.45. The summed E-state index contributed by atoms with van der Waals surface area (Å²) in [6, 6.07) is 11.2. The van der Waals surface area contributed by atoms with Crippen molar-refractivity contribution in [2.24, 2.45) is 0 Å². The molecule has 19 heavy (non-hydrogen) atoms. The van der Waals surface area contributed by atoms with E-state index in [4.69, 9.17) is 0 Å². The molecule has 0 aliphatic carbocycles. The first-order valence-electron chi connectivity index (χ1n) is 6.59. The number of likely N-dealkylation sites (N-methyl/N-ethyl adjacent to an activating group) is 1. The van der Waals surface area contributed by atoms with E-state index in [1.54, 1.807) is 0 Å². The Morgan fingerprint density at radius 2 is 2.16 bits per heavy atom. The van der Waals surface area contributed by atoms with Crippen LogP contribution in [-0.4, -0.2) is 36.1 Å². The quantitative estimate of drug-likeness (QED) is 0.934. The average molecular weight is 278 g/mol. The van der Waals surface area contributed by atoms with Gasteiger partial charge in [-0.15, -0.1) is 12.4 Å². The lowest BCUT2D eigenvalue weighted by molar-refractivity contribution is 0.323. The summed E-state index contributed by atoms with van der Waals surface area (Å²) in [7, 11) is 2.05. The third kappa shape index (κ3) is 3.06. The van der Waals surface area contributed by atoms with Crippen molar-refractivity contribution in [2.75, 3.05) is 20.1 Å². The third-order valence-corrected chi connectivity index (χ3v) is 3.79. The van der Waals surface area contributed by atoms with Crippen molar-refractivity contribution in [3.05, 3.63) is 42.1 Å². The Kier molecular flexibility index (Phi) is 4.75. The normalized spacial score (nSPS) is 19.5. The van der Waals surface area contributed by atoms with Crippen molar-refractivity contribution in [2.45, 2.75) is 19.0 Å². The van der Waals surface area contributed by atoms with Crippen LogP contribution in [0.4, 0.5) is 0 Å². The molecule has 102 valence electrons. The highest BCUT2D eigenvalue weighted by molar-refractivity contribution is 5.85. The standard InChI is InChI=1S/C15H19N3.ClH/c1-16-14-7-9-18(11-14)10-13-5-2-4-12-6-3-8-17-15(12)13;/h2-6,8,14,16H,7,9-11H2,1H3;1H. The van der Waals surface area contributed by atoms with Crippen molar-refractivity contribution in [1.29, 1.82) is 0 Å². The van der Waals surface area contributed by atoms with E-state index >= 15 is 0 Å². The summed E-state index contributed by atoms with van der Waals surface area (Å²) in [5, 5.41) is 4.60. The zero-order valence-electron chi connectivity index (χ0n) is 11.2. The van der Waals surface area contributed by atoms with E-state index in [0.29, 0.717) is 6.04 Å². The molecule has 1 unspecified atom stereocenters. The Hall–Kier alpha value is -1.16. The number of para-hydroxylation sites is 1. The number of fused-ring (bicyclic) bond motifs is 1. The number of nitrogens with zero attached hydrogens (tertiary/aromatic N) is 2. The van der Waals surface area contributed by atoms with E-state index in [2.05, 4.69) is 39.5 Å². The summed E-state index contributed by atoms with van der Waals surface area (Å²) < 4.78 is 0. The predicted molar refractivity (Wildman–Crippen MR) is 81.7 cm³/mol. The Morgan fingerprint density at radius 1 is 1.32 bits per heavy atom. The highest BCUT2D eigenvalue weighted by atomic mass is 35.5. The SMILES string of the molecule is CNC1CCN(Cc2cccc3cccnc23)C1.Cl. The van der Waals surface area contributed by atoms with Crippen molar-refractivity contribution in [1.82, 2.24) is 15.2 Å². The number of aromatic nitrogens is 1. The lowest BCUT2D eigenvalue weighted by atomic mass is 10.1. The van der Waals surface area contributed by atoms with E-state index in [1.165, 1.54) is 23.9 Å². The maximum atomic E-state index is 4.52. The first-order valence-corrected chi connectivity index (χ1v) is 6.59. The summed E-state index contributed by atoms with van der Waals surface area (Å²) in [4.78, 5) is 7.02. The zero-order valence-corrected chi connectivity index (χ0v) is 12.0. The molecule has 1 atom stereocenters. The number of rotatable bonds is 3. The van der Waals surface area contributed by atoms with E-state index in [0.717, 1.165) is 18.6 Å². The van der Waals surface area contributed by atoms with Crippen LogP contribution in [-0.2, 0) is 6.54 Å². The molecule has 0 saturated carbocycles. The average Bonchev–Trinajstić information content (AvgIpc) is 2.87. The van der Waals surface area contributed by atoms with Gasteiger partial charge >= 0.3 is 0 Å². The lowest BCUT2D eigenvalue weighted by Crippen LogP contribution is -2.29. The molecule has 0 spiro atoms. The Balaban J connectivity index is 0.00000133. The topological polar surface area (TPSA) is 28.2 Å². The van der Waals surface area contributed by atoms with Gasteiger partial charge < -0.3 is 5.32 Å². The summed E-state index contributed by atoms with van der Waals surface area (Å²) in [5.74, 6) is 0. The molecule has 3 nitrogen and oxygen atoms in total. The second kappa shape index (κ2) is 6.33. The minimum Gasteiger partial charge on any atom is -0.316 e. The van der Waals surface area contributed by atoms with Crippen LogP contribution >= 0.6 is 12.4 Å². The van der Waals surface area contributed by atoms with Crippen LogP contribution in [0.25, 0.3) is 10.9 Å². The second-order valence-electron chi connectivity index (χ2n) is 5.00. The molecule has 1 aliphatic rings. The van der Waals surface area contributed by atoms with E-state index in [1.807, 2.05) is 19.3 Å². The molecule has 0 radical (unpaired) electrons. The van der Waals surface area contributed by atoms with Gasteiger partial charge in [0.1, 0.15) is 0 Å². The van der Waals surface area contributed by atoms with Gasteiger partial charge in [-0.25, -0.2) is 0 Å². The Bertz CT molecular complexity index is 538. The van der Waals surface area contributed by atoms with Crippen LogP contribution in [0, 0.1) is 0 Å². The molecule has 2 heterocycles. The molecule has 0 amide bonds. The van der Waals surface area contributed by atoms with Crippen LogP contribution in [0.1, 0.15) is 12.0 Å². The van der Waals surface area contributed by atoms with Gasteiger partial charge in [-0.1, -0.05) is 24.3 Å². The number of benzene rings is 1. The molecule has 1 aromatic heterocycles. The molecule has 1 N–H and O–H groups in total. The van der Waals surface area contributed by atoms with Crippen LogP contribution < -0.4 is 5.32 Å². The summed E-state index contributed by atoms with van der Waals surface area (Å²) in [6.07, 6.45) is 3.13. The van der Waals surface area contributed by atoms with Gasteiger partial charge in [0.2, 0.25) is 0 Å². The molecular formula is C15H20ClN3. The Labute approximate surface area is 120 Å². The zero-order chi connectivity index (χ0) is 12.4. The number of halogens is 1. The van der Waals surface area contributed by atoms with Gasteiger partial charge in [0.25, 0.3) is 0 Å². The minimum absolute atomic E-state index is 0. The number of hydrogen-bond donors (Lipinski definition) is 1. The molecular weight excluding hydrogens is 258 g/mol. The number of pyridine rings is 1. The van der Waals surface area contributed by atoms with E-state index in [9.17, 15) is 0 Å². The van der Waals surface area contributed by atoms with Gasteiger partial charge in [0.15, 0.2) is 0 Å². The fourth-order valence-corrected chi connectivity index (χ4v) is 2.75. The maximum Gasteiger partial charge on any atom is 0.0746 e. The molecule has 1 aliphatic heterocycles. The minimum atomic E-state index is 0. The molecule has 2 aromatic rings. The largest absolute Gasteiger partial charge is 0.316 e. The Morgan fingerprint density at radius 3 is 2.95 bits per heavy atom. The number of likely N-dealkylation sites (tertiary alicyclic amines) is 1.